The molecule has 0 saturated carbocycles. The Labute approximate surface area is 238 Å². The Balaban J connectivity index is 0.000000673. The highest BCUT2D eigenvalue weighted by atomic mass is 32.2. The van der Waals surface area contributed by atoms with Crippen molar-refractivity contribution >= 4 is 33.4 Å². The van der Waals surface area contributed by atoms with E-state index >= 15 is 0 Å². The molecule has 0 aromatic heterocycles. The molecule has 0 bridgehead atoms. The summed E-state index contributed by atoms with van der Waals surface area (Å²) in [6.45, 7) is 3.37. The van der Waals surface area contributed by atoms with E-state index in [0.717, 1.165) is 32.5 Å². The predicted molar refractivity (Wildman–Crippen MR) is 162 cm³/mol. The molecule has 3 rings (SSSR count). The van der Waals surface area contributed by atoms with Crippen molar-refractivity contribution in [3.63, 3.8) is 0 Å². The van der Waals surface area contributed by atoms with Gasteiger partial charge in [-0.2, -0.15) is 0 Å². The molecule has 0 saturated heterocycles. The molecule has 0 aliphatic carbocycles. The van der Waals surface area contributed by atoms with Crippen molar-refractivity contribution in [3.05, 3.63) is 84.4 Å². The molecule has 3 aromatic carbocycles. The molecule has 212 valence electrons. The molecule has 0 spiro atoms. The molecule has 0 atom stereocenters. The van der Waals surface area contributed by atoms with E-state index in [-0.39, 0.29) is 10.8 Å². The molecule has 0 aliphatic rings. The Bertz CT molecular complexity index is 1250. The SMILES string of the molecule is CN(C)CCCN.CN(C)CCCNC(=O)c1ccccc1Sc1ccccc1S(=O)(=O)Nc1ccccc1. The summed E-state index contributed by atoms with van der Waals surface area (Å²) < 4.78 is 28.7. The molecule has 0 fully saturated rings. The number of hydrogen-bond acceptors (Lipinski definition) is 7. The van der Waals surface area contributed by atoms with Crippen LogP contribution in [0.4, 0.5) is 5.69 Å². The third-order valence-corrected chi connectivity index (χ3v) is 8.11. The minimum Gasteiger partial charge on any atom is -0.352 e. The number of anilines is 1. The van der Waals surface area contributed by atoms with Gasteiger partial charge in [-0.25, -0.2) is 8.42 Å². The van der Waals surface area contributed by atoms with Gasteiger partial charge in [0.15, 0.2) is 0 Å². The molecule has 4 N–H and O–H groups in total. The highest BCUT2D eigenvalue weighted by molar-refractivity contribution is 8.00. The molecule has 10 heteroatoms. The van der Waals surface area contributed by atoms with Gasteiger partial charge < -0.3 is 20.9 Å². The number of nitrogens with two attached hydrogens (primary N) is 1. The van der Waals surface area contributed by atoms with Crippen LogP contribution in [0.2, 0.25) is 0 Å². The Hall–Kier alpha value is -2.89. The summed E-state index contributed by atoms with van der Waals surface area (Å²) in [5.74, 6) is -0.172. The lowest BCUT2D eigenvalue weighted by atomic mass is 10.2. The zero-order valence-corrected chi connectivity index (χ0v) is 24.9. The summed E-state index contributed by atoms with van der Waals surface area (Å²) in [5, 5.41) is 2.95. The number of carbonyl (C=O) groups is 1. The van der Waals surface area contributed by atoms with Gasteiger partial charge >= 0.3 is 0 Å². The fourth-order valence-corrected chi connectivity index (χ4v) is 6.01. The van der Waals surface area contributed by atoms with E-state index in [1.165, 1.54) is 11.8 Å². The first-order valence-corrected chi connectivity index (χ1v) is 15.2. The standard InChI is InChI=1S/C24H27N3O3S2.C5H14N2/c1-27(2)18-10-17-25-24(28)20-13-6-7-14-21(20)31-22-15-8-9-16-23(22)32(29,30)26-19-11-4-3-5-12-19;1-7(2)5-3-4-6/h3-9,11-16,26H,10,17-18H2,1-2H3,(H,25,28);3-6H2,1-2H3. The highest BCUT2D eigenvalue weighted by Crippen LogP contribution is 2.35. The molecule has 0 radical (unpaired) electrons. The number of sulfonamides is 1. The number of carbonyl (C=O) groups excluding carboxylic acids is 1. The van der Waals surface area contributed by atoms with Gasteiger partial charge in [-0.05, 0) is 97.1 Å². The minimum atomic E-state index is -3.80. The van der Waals surface area contributed by atoms with E-state index < -0.39 is 10.0 Å². The smallest absolute Gasteiger partial charge is 0.263 e. The third kappa shape index (κ3) is 11.8. The molecule has 8 nitrogen and oxygen atoms in total. The third-order valence-electron chi connectivity index (χ3n) is 5.39. The van der Waals surface area contributed by atoms with E-state index in [0.29, 0.717) is 27.6 Å². The summed E-state index contributed by atoms with van der Waals surface area (Å²) in [5.41, 5.74) is 6.26. The number of para-hydroxylation sites is 1. The van der Waals surface area contributed by atoms with Crippen molar-refractivity contribution in [1.29, 1.82) is 0 Å². The van der Waals surface area contributed by atoms with Gasteiger partial charge in [-0.3, -0.25) is 9.52 Å². The highest BCUT2D eigenvalue weighted by Gasteiger charge is 2.20. The lowest BCUT2D eigenvalue weighted by molar-refractivity contribution is 0.0949. The Morgan fingerprint density at radius 3 is 1.97 bits per heavy atom. The van der Waals surface area contributed by atoms with Gasteiger partial charge in [0, 0.05) is 22.0 Å². The minimum absolute atomic E-state index is 0.162. The molecule has 0 unspecified atom stereocenters. The van der Waals surface area contributed by atoms with Crippen LogP contribution in [-0.4, -0.2) is 78.5 Å². The summed E-state index contributed by atoms with van der Waals surface area (Å²) in [4.78, 5) is 18.4. The Morgan fingerprint density at radius 1 is 0.795 bits per heavy atom. The number of hydrogen-bond donors (Lipinski definition) is 3. The van der Waals surface area contributed by atoms with Gasteiger partial charge in [0.2, 0.25) is 0 Å². The zero-order chi connectivity index (χ0) is 28.7. The first kappa shape index (κ1) is 32.3. The molecule has 39 heavy (non-hydrogen) atoms. The van der Waals surface area contributed by atoms with Gasteiger partial charge in [-0.15, -0.1) is 0 Å². The second kappa shape index (κ2) is 16.9. The van der Waals surface area contributed by atoms with Crippen LogP contribution < -0.4 is 15.8 Å². The quantitative estimate of drug-likeness (QED) is 0.264. The van der Waals surface area contributed by atoms with Gasteiger partial charge in [0.1, 0.15) is 4.90 Å². The van der Waals surface area contributed by atoms with Crippen LogP contribution in [0.15, 0.2) is 93.5 Å². The topological polar surface area (TPSA) is 108 Å². The number of rotatable bonds is 13. The van der Waals surface area contributed by atoms with Gasteiger partial charge in [-0.1, -0.05) is 54.2 Å². The summed E-state index contributed by atoms with van der Waals surface area (Å²) >= 11 is 1.26. The van der Waals surface area contributed by atoms with Gasteiger partial charge in [0.05, 0.1) is 5.56 Å². The molecular formula is C29H41N5O3S2. The zero-order valence-electron chi connectivity index (χ0n) is 23.3. The van der Waals surface area contributed by atoms with Crippen LogP contribution in [0.3, 0.4) is 0 Å². The monoisotopic (exact) mass is 571 g/mol. The fourth-order valence-electron chi connectivity index (χ4n) is 3.43. The lowest BCUT2D eigenvalue weighted by Gasteiger charge is -2.14. The number of amides is 1. The summed E-state index contributed by atoms with van der Waals surface area (Å²) in [7, 11) is 4.29. The largest absolute Gasteiger partial charge is 0.352 e. The van der Waals surface area contributed by atoms with Crippen molar-refractivity contribution in [2.45, 2.75) is 27.5 Å². The predicted octanol–water partition coefficient (Wildman–Crippen LogP) is 4.22. The number of benzene rings is 3. The van der Waals surface area contributed by atoms with E-state index in [2.05, 4.69) is 33.9 Å². The maximum absolute atomic E-state index is 13.1. The van der Waals surface area contributed by atoms with Crippen molar-refractivity contribution in [2.24, 2.45) is 5.73 Å². The summed E-state index contributed by atoms with van der Waals surface area (Å²) in [6.07, 6.45) is 1.95. The molecule has 0 heterocycles. The van der Waals surface area contributed by atoms with Crippen molar-refractivity contribution in [3.8, 4) is 0 Å². The molecule has 1 amide bonds. The lowest BCUT2D eigenvalue weighted by Crippen LogP contribution is -2.27. The van der Waals surface area contributed by atoms with E-state index in [1.54, 1.807) is 60.7 Å². The number of nitrogens with zero attached hydrogens (tertiary/aromatic N) is 2. The van der Waals surface area contributed by atoms with Crippen LogP contribution in [0.5, 0.6) is 0 Å². The Kier molecular flexibility index (Phi) is 14.0. The second-order valence-corrected chi connectivity index (χ2v) is 12.1. The average molecular weight is 572 g/mol. The molecular weight excluding hydrogens is 530 g/mol. The normalized spacial score (nSPS) is 11.2. The van der Waals surface area contributed by atoms with E-state index in [9.17, 15) is 13.2 Å². The van der Waals surface area contributed by atoms with Crippen LogP contribution in [0.1, 0.15) is 23.2 Å². The van der Waals surface area contributed by atoms with Crippen LogP contribution in [-0.2, 0) is 10.0 Å². The average Bonchev–Trinajstić information content (AvgIpc) is 2.91. The first-order valence-electron chi connectivity index (χ1n) is 12.9. The van der Waals surface area contributed by atoms with Gasteiger partial charge in [0.25, 0.3) is 15.9 Å². The maximum atomic E-state index is 13.1. The maximum Gasteiger partial charge on any atom is 0.263 e. The molecule has 3 aromatic rings. The van der Waals surface area contributed by atoms with Crippen molar-refractivity contribution in [1.82, 2.24) is 15.1 Å². The summed E-state index contributed by atoms with van der Waals surface area (Å²) in [6, 6.07) is 22.8. The van der Waals surface area contributed by atoms with Crippen LogP contribution >= 0.6 is 11.8 Å². The van der Waals surface area contributed by atoms with Crippen LogP contribution in [0, 0.1) is 0 Å². The second-order valence-electron chi connectivity index (χ2n) is 9.37. The van der Waals surface area contributed by atoms with Crippen molar-refractivity contribution in [2.75, 3.05) is 59.1 Å². The number of nitrogens with one attached hydrogen (secondary N) is 2. The van der Waals surface area contributed by atoms with Crippen LogP contribution in [0.25, 0.3) is 0 Å². The molecule has 0 aliphatic heterocycles. The van der Waals surface area contributed by atoms with E-state index in [4.69, 9.17) is 5.73 Å². The Morgan fingerprint density at radius 2 is 1.36 bits per heavy atom. The fraction of sp³-hybridized carbons (Fsp3) is 0.345. The van der Waals surface area contributed by atoms with E-state index in [1.807, 2.05) is 32.3 Å². The first-order chi connectivity index (χ1) is 18.6. The van der Waals surface area contributed by atoms with Crippen molar-refractivity contribution < 1.29 is 13.2 Å².